The van der Waals surface area contributed by atoms with E-state index in [0.29, 0.717) is 41.8 Å². The Labute approximate surface area is 157 Å². The van der Waals surface area contributed by atoms with Crippen LogP contribution in [0.25, 0.3) is 11.5 Å². The van der Waals surface area contributed by atoms with Crippen molar-refractivity contribution in [3.63, 3.8) is 0 Å². The van der Waals surface area contributed by atoms with Gasteiger partial charge >= 0.3 is 0 Å². The molecule has 0 unspecified atom stereocenters. The smallest absolute Gasteiger partial charge is 0.251 e. The number of carbonyl (C=O) groups is 1. The molecular formula is C20H21N3O4. The Kier molecular flexibility index (Phi) is 5.71. The standard InChI is InChI=1S/C20H21N3O4/c1-13-6-4-5-7-17(13)20-23-22-18(27-20)8-9-21-19(24)14-10-15(25-2)12-16(11-14)26-3/h4-7,10-12H,8-9H2,1-3H3,(H,21,24). The van der Waals surface area contributed by atoms with Gasteiger partial charge in [-0.2, -0.15) is 0 Å². The number of nitrogens with one attached hydrogen (secondary N) is 1. The van der Waals surface area contributed by atoms with Gasteiger partial charge in [0.2, 0.25) is 11.8 Å². The summed E-state index contributed by atoms with van der Waals surface area (Å²) in [6, 6.07) is 12.8. The van der Waals surface area contributed by atoms with E-state index in [1.807, 2.05) is 31.2 Å². The molecule has 0 fully saturated rings. The summed E-state index contributed by atoms with van der Waals surface area (Å²) in [4.78, 5) is 12.4. The molecule has 0 aliphatic carbocycles. The molecule has 7 nitrogen and oxygen atoms in total. The van der Waals surface area contributed by atoms with E-state index >= 15 is 0 Å². The van der Waals surface area contributed by atoms with E-state index in [9.17, 15) is 4.79 Å². The van der Waals surface area contributed by atoms with Crippen molar-refractivity contribution in [1.29, 1.82) is 0 Å². The van der Waals surface area contributed by atoms with Crippen LogP contribution in [0.5, 0.6) is 11.5 Å². The highest BCUT2D eigenvalue weighted by Gasteiger charge is 2.12. The van der Waals surface area contributed by atoms with E-state index < -0.39 is 0 Å². The molecular weight excluding hydrogens is 346 g/mol. The van der Waals surface area contributed by atoms with Crippen LogP contribution in [0.2, 0.25) is 0 Å². The number of aromatic nitrogens is 2. The van der Waals surface area contributed by atoms with Gasteiger partial charge in [0.05, 0.1) is 14.2 Å². The monoisotopic (exact) mass is 367 g/mol. The van der Waals surface area contributed by atoms with Crippen molar-refractivity contribution in [3.05, 3.63) is 59.5 Å². The number of carbonyl (C=O) groups excluding carboxylic acids is 1. The molecule has 0 radical (unpaired) electrons. The van der Waals surface area contributed by atoms with E-state index in [4.69, 9.17) is 13.9 Å². The first-order valence-corrected chi connectivity index (χ1v) is 8.50. The number of ether oxygens (including phenoxy) is 2. The summed E-state index contributed by atoms with van der Waals surface area (Å²) in [6.45, 7) is 2.36. The van der Waals surface area contributed by atoms with Gasteiger partial charge in [-0.15, -0.1) is 10.2 Å². The number of amides is 1. The Balaban J connectivity index is 1.60. The molecule has 0 saturated heterocycles. The Morgan fingerprint density at radius 2 is 1.78 bits per heavy atom. The van der Waals surface area contributed by atoms with Gasteiger partial charge in [-0.25, -0.2) is 0 Å². The average Bonchev–Trinajstić information content (AvgIpc) is 3.16. The number of hydrogen-bond donors (Lipinski definition) is 1. The van der Waals surface area contributed by atoms with Crippen LogP contribution in [-0.4, -0.2) is 36.9 Å². The highest BCUT2D eigenvalue weighted by atomic mass is 16.5. The van der Waals surface area contributed by atoms with Gasteiger partial charge in [-0.05, 0) is 30.7 Å². The summed E-state index contributed by atoms with van der Waals surface area (Å²) in [6.07, 6.45) is 0.436. The Morgan fingerprint density at radius 3 is 2.44 bits per heavy atom. The van der Waals surface area contributed by atoms with Gasteiger partial charge in [0, 0.05) is 30.2 Å². The number of hydrogen-bond acceptors (Lipinski definition) is 6. The summed E-state index contributed by atoms with van der Waals surface area (Å²) < 4.78 is 16.1. The zero-order chi connectivity index (χ0) is 19.2. The largest absolute Gasteiger partial charge is 0.497 e. The van der Waals surface area contributed by atoms with Crippen molar-refractivity contribution >= 4 is 5.91 Å². The third-order valence-electron chi connectivity index (χ3n) is 4.08. The predicted molar refractivity (Wildman–Crippen MR) is 100 cm³/mol. The number of aryl methyl sites for hydroxylation is 1. The molecule has 7 heteroatoms. The minimum Gasteiger partial charge on any atom is -0.497 e. The number of nitrogens with zero attached hydrogens (tertiary/aromatic N) is 2. The summed E-state index contributed by atoms with van der Waals surface area (Å²) >= 11 is 0. The van der Waals surface area contributed by atoms with E-state index in [1.165, 1.54) is 14.2 Å². The normalized spacial score (nSPS) is 10.5. The molecule has 27 heavy (non-hydrogen) atoms. The molecule has 0 saturated carbocycles. The second kappa shape index (κ2) is 8.35. The number of methoxy groups -OCH3 is 2. The van der Waals surface area contributed by atoms with Crippen molar-refractivity contribution in [2.75, 3.05) is 20.8 Å². The van der Waals surface area contributed by atoms with Gasteiger partial charge in [0.15, 0.2) is 0 Å². The quantitative estimate of drug-likeness (QED) is 0.691. The van der Waals surface area contributed by atoms with Crippen LogP contribution in [0, 0.1) is 6.92 Å². The van der Waals surface area contributed by atoms with E-state index in [-0.39, 0.29) is 5.91 Å². The van der Waals surface area contributed by atoms with E-state index in [0.717, 1.165) is 11.1 Å². The topological polar surface area (TPSA) is 86.5 Å². The third kappa shape index (κ3) is 4.44. The SMILES string of the molecule is COc1cc(OC)cc(C(=O)NCCc2nnc(-c3ccccc3C)o2)c1. The fourth-order valence-corrected chi connectivity index (χ4v) is 2.60. The molecule has 0 atom stereocenters. The van der Waals surface area contributed by atoms with Crippen molar-refractivity contribution in [2.24, 2.45) is 0 Å². The second-order valence-electron chi connectivity index (χ2n) is 5.92. The van der Waals surface area contributed by atoms with Gasteiger partial charge in [0.1, 0.15) is 11.5 Å². The molecule has 1 aromatic heterocycles. The van der Waals surface area contributed by atoms with Gasteiger partial charge < -0.3 is 19.2 Å². The zero-order valence-electron chi connectivity index (χ0n) is 15.5. The molecule has 3 aromatic rings. The minimum atomic E-state index is -0.231. The van der Waals surface area contributed by atoms with Crippen LogP contribution in [-0.2, 0) is 6.42 Å². The van der Waals surface area contributed by atoms with Crippen molar-refractivity contribution in [1.82, 2.24) is 15.5 Å². The summed E-state index contributed by atoms with van der Waals surface area (Å²) in [5.74, 6) is 1.83. The van der Waals surface area contributed by atoms with Crippen LogP contribution in [0.3, 0.4) is 0 Å². The molecule has 2 aromatic carbocycles. The fourth-order valence-electron chi connectivity index (χ4n) is 2.60. The molecule has 1 heterocycles. The van der Waals surface area contributed by atoms with Crippen molar-refractivity contribution in [2.45, 2.75) is 13.3 Å². The maximum absolute atomic E-state index is 12.4. The Hall–Kier alpha value is -3.35. The first kappa shape index (κ1) is 18.4. The van der Waals surface area contributed by atoms with Crippen LogP contribution in [0.1, 0.15) is 21.8 Å². The van der Waals surface area contributed by atoms with Crippen LogP contribution in [0.4, 0.5) is 0 Å². The fraction of sp³-hybridized carbons (Fsp3) is 0.250. The van der Waals surface area contributed by atoms with Gasteiger partial charge in [0.25, 0.3) is 5.91 Å². The summed E-state index contributed by atoms with van der Waals surface area (Å²) in [5, 5.41) is 11.0. The van der Waals surface area contributed by atoms with Gasteiger partial charge in [-0.1, -0.05) is 18.2 Å². The summed E-state index contributed by atoms with van der Waals surface area (Å²) in [5.41, 5.74) is 2.43. The zero-order valence-corrected chi connectivity index (χ0v) is 15.5. The highest BCUT2D eigenvalue weighted by molar-refractivity contribution is 5.95. The highest BCUT2D eigenvalue weighted by Crippen LogP contribution is 2.23. The number of rotatable bonds is 7. The molecule has 3 rings (SSSR count). The second-order valence-corrected chi connectivity index (χ2v) is 5.92. The maximum Gasteiger partial charge on any atom is 0.251 e. The van der Waals surface area contributed by atoms with E-state index in [2.05, 4.69) is 15.5 Å². The minimum absolute atomic E-state index is 0.231. The van der Waals surface area contributed by atoms with Crippen molar-refractivity contribution in [3.8, 4) is 23.0 Å². The molecule has 0 spiro atoms. The lowest BCUT2D eigenvalue weighted by Crippen LogP contribution is -2.25. The van der Waals surface area contributed by atoms with E-state index in [1.54, 1.807) is 18.2 Å². The first-order chi connectivity index (χ1) is 13.1. The number of benzene rings is 2. The maximum atomic E-state index is 12.4. The predicted octanol–water partition coefficient (Wildman–Crippen LogP) is 3.03. The Bertz CT molecular complexity index is 914. The Morgan fingerprint density at radius 1 is 1.07 bits per heavy atom. The average molecular weight is 367 g/mol. The lowest BCUT2D eigenvalue weighted by molar-refractivity contribution is 0.0953. The molecule has 0 bridgehead atoms. The van der Waals surface area contributed by atoms with Gasteiger partial charge in [-0.3, -0.25) is 4.79 Å². The van der Waals surface area contributed by atoms with Crippen LogP contribution < -0.4 is 14.8 Å². The first-order valence-electron chi connectivity index (χ1n) is 8.50. The lowest BCUT2D eigenvalue weighted by Gasteiger charge is -2.08. The molecule has 140 valence electrons. The third-order valence-corrected chi connectivity index (χ3v) is 4.08. The lowest BCUT2D eigenvalue weighted by atomic mass is 10.1. The summed E-state index contributed by atoms with van der Waals surface area (Å²) in [7, 11) is 3.08. The molecule has 0 aliphatic heterocycles. The molecule has 0 aliphatic rings. The molecule has 1 amide bonds. The van der Waals surface area contributed by atoms with Crippen molar-refractivity contribution < 1.29 is 18.7 Å². The van der Waals surface area contributed by atoms with Crippen LogP contribution in [0.15, 0.2) is 46.9 Å². The molecule has 1 N–H and O–H groups in total. The van der Waals surface area contributed by atoms with Crippen LogP contribution >= 0.6 is 0 Å².